The van der Waals surface area contributed by atoms with Crippen molar-refractivity contribution in [3.63, 3.8) is 0 Å². The van der Waals surface area contributed by atoms with Crippen LogP contribution in [0.3, 0.4) is 0 Å². The first kappa shape index (κ1) is 73.7. The average molecular weight is 1370 g/mol. The molecule has 0 bridgehead atoms. The molecule has 0 radical (unpaired) electrons. The summed E-state index contributed by atoms with van der Waals surface area (Å²) >= 11 is 0. The van der Waals surface area contributed by atoms with Gasteiger partial charge in [-0.1, -0.05) is 52.5 Å². The van der Waals surface area contributed by atoms with Crippen molar-refractivity contribution in [2.45, 2.75) is 79.4 Å². The van der Waals surface area contributed by atoms with E-state index in [1.807, 2.05) is 6.08 Å². The number of carboxylic acids is 2. The Morgan fingerprint density at radius 2 is 1.02 bits per heavy atom. The van der Waals surface area contributed by atoms with Gasteiger partial charge < -0.3 is 65.6 Å². The first-order chi connectivity index (χ1) is 47.5. The molecule has 6 amide bonds. The number of nitrogens with zero attached hydrogens (tertiary/aromatic N) is 2. The number of amidine groups is 2. The Bertz CT molecular complexity index is 4260. The van der Waals surface area contributed by atoms with Gasteiger partial charge in [0.2, 0.25) is 12.6 Å². The Hall–Kier alpha value is -12.1. The van der Waals surface area contributed by atoms with Crippen LogP contribution in [0.5, 0.6) is 11.5 Å². The second kappa shape index (κ2) is 32.7. The zero-order valence-electron chi connectivity index (χ0n) is 55.7. The molecule has 2 aliphatic rings. The number of anilines is 2. The van der Waals surface area contributed by atoms with E-state index in [2.05, 4.69) is 48.4 Å². The Labute approximate surface area is 573 Å². The molecule has 6 aromatic rings. The molecule has 2 aromatic heterocycles. The number of ether oxygens (including phenoxy) is 6. The van der Waals surface area contributed by atoms with Crippen molar-refractivity contribution in [2.24, 2.45) is 35.3 Å². The van der Waals surface area contributed by atoms with E-state index in [9.17, 15) is 58.2 Å². The highest BCUT2D eigenvalue weighted by atomic mass is 16.7. The molecule has 522 valence electrons. The number of nitrogens with two attached hydrogens (primary N) is 1. The van der Waals surface area contributed by atoms with E-state index in [0.717, 1.165) is 12.8 Å². The number of aromatic carboxylic acids is 2. The van der Waals surface area contributed by atoms with Crippen molar-refractivity contribution in [1.82, 2.24) is 31.2 Å². The molecule has 2 heterocycles. The third-order valence-corrected chi connectivity index (χ3v) is 15.9. The summed E-state index contributed by atoms with van der Waals surface area (Å²) in [5.41, 5.74) is 5.92. The highest BCUT2D eigenvalue weighted by molar-refractivity contribution is 6.13. The molecule has 12 N–H and O–H groups in total. The van der Waals surface area contributed by atoms with Gasteiger partial charge in [0, 0.05) is 93.9 Å². The quantitative estimate of drug-likeness (QED) is 0.00943. The summed E-state index contributed by atoms with van der Waals surface area (Å²) in [4.78, 5) is 139. The third-order valence-electron chi connectivity index (χ3n) is 15.9. The van der Waals surface area contributed by atoms with Crippen LogP contribution < -0.4 is 47.1 Å². The van der Waals surface area contributed by atoms with Gasteiger partial charge in [-0.05, 0) is 140 Å². The number of pyridine rings is 2. The number of carbonyl (C=O) groups is 10. The number of hydrogen-bond donors (Lipinski definition) is 11. The summed E-state index contributed by atoms with van der Waals surface area (Å²) in [6.07, 6.45) is 2.79. The number of alkyl carbamates (subject to hydrolysis) is 2. The van der Waals surface area contributed by atoms with Crippen LogP contribution in [-0.2, 0) is 28.5 Å². The monoisotopic (exact) mass is 1370 g/mol. The number of benzene rings is 4. The lowest BCUT2D eigenvalue weighted by Gasteiger charge is -2.19. The molecule has 5 atom stereocenters. The van der Waals surface area contributed by atoms with E-state index in [1.165, 1.54) is 131 Å². The molecule has 2 fully saturated rings. The Morgan fingerprint density at radius 1 is 0.580 bits per heavy atom. The van der Waals surface area contributed by atoms with E-state index in [1.54, 1.807) is 33.8 Å². The van der Waals surface area contributed by atoms with Crippen LogP contribution in [0.4, 0.5) is 21.0 Å². The number of amides is 6. The third kappa shape index (κ3) is 19.1. The zero-order valence-corrected chi connectivity index (χ0v) is 55.7. The van der Waals surface area contributed by atoms with Crippen LogP contribution in [0.1, 0.15) is 146 Å². The van der Waals surface area contributed by atoms with Crippen LogP contribution in [0.2, 0.25) is 0 Å². The second-order valence-electron chi connectivity index (χ2n) is 24.0. The Kier molecular flexibility index (Phi) is 24.1. The number of esters is 2. The van der Waals surface area contributed by atoms with E-state index < -0.39 is 95.6 Å². The molecular weight excluding hydrogens is 1290 g/mol. The molecule has 8 rings (SSSR count). The minimum atomic E-state index is -1.52. The number of nitrogens with one attached hydrogen (secondary N) is 8. The first-order valence-corrected chi connectivity index (χ1v) is 31.5. The van der Waals surface area contributed by atoms with Gasteiger partial charge in [0.05, 0.1) is 20.1 Å². The molecule has 2 aliphatic carbocycles. The molecule has 4 unspecified atom stereocenters. The number of methoxy groups -OCH3 is 2. The molecule has 29 heteroatoms. The topological polar surface area (TPSA) is 438 Å². The highest BCUT2D eigenvalue weighted by Gasteiger charge is 2.36. The van der Waals surface area contributed by atoms with Gasteiger partial charge in [0.15, 0.2) is 11.4 Å². The van der Waals surface area contributed by atoms with Gasteiger partial charge in [-0.2, -0.15) is 0 Å². The average Bonchev–Trinajstić information content (AvgIpc) is 1.64. The number of rotatable bonds is 28. The van der Waals surface area contributed by atoms with Gasteiger partial charge in [-0.15, -0.1) is 0 Å². The van der Waals surface area contributed by atoms with Crippen LogP contribution >= 0.6 is 0 Å². The van der Waals surface area contributed by atoms with Gasteiger partial charge in [-0.3, -0.25) is 50.2 Å². The molecular formula is C71H75N11O18. The van der Waals surface area contributed by atoms with Crippen molar-refractivity contribution in [3.05, 3.63) is 166 Å². The Balaban J connectivity index is 0.966. The largest absolute Gasteiger partial charge is 0.496 e. The van der Waals surface area contributed by atoms with Crippen molar-refractivity contribution in [2.75, 3.05) is 37.9 Å². The summed E-state index contributed by atoms with van der Waals surface area (Å²) in [6.45, 7) is 13.7. The lowest BCUT2D eigenvalue weighted by atomic mass is 9.94. The van der Waals surface area contributed by atoms with Crippen molar-refractivity contribution in [1.29, 1.82) is 10.8 Å². The maximum atomic E-state index is 14.5. The van der Waals surface area contributed by atoms with E-state index in [4.69, 9.17) is 45.0 Å². The van der Waals surface area contributed by atoms with E-state index in [0.29, 0.717) is 30.0 Å². The number of carboxylic acid groups (broad SMARTS) is 2. The first-order valence-electron chi connectivity index (χ1n) is 31.5. The Morgan fingerprint density at radius 3 is 1.44 bits per heavy atom. The fraction of sp³-hybridized carbons (Fsp3) is 0.296. The molecule has 0 spiro atoms. The van der Waals surface area contributed by atoms with Crippen LogP contribution in [0.15, 0.2) is 110 Å². The minimum Gasteiger partial charge on any atom is -0.496 e. The summed E-state index contributed by atoms with van der Waals surface area (Å²) in [6, 6.07) is 21.8. The second-order valence-corrected chi connectivity index (χ2v) is 24.0. The molecule has 29 nitrogen and oxygen atoms in total. The van der Waals surface area contributed by atoms with Crippen molar-refractivity contribution >= 4 is 94.9 Å². The minimum absolute atomic E-state index is 0.0182. The van der Waals surface area contributed by atoms with Crippen LogP contribution in [0, 0.1) is 40.4 Å². The number of allylic oxidation sites excluding steroid dienone is 1. The summed E-state index contributed by atoms with van der Waals surface area (Å²) < 4.78 is 31.6. The molecule has 0 aliphatic heterocycles. The predicted octanol–water partition coefficient (Wildman–Crippen LogP) is 9.11. The molecule has 4 aromatic carbocycles. The fourth-order valence-electron chi connectivity index (χ4n) is 9.93. The summed E-state index contributed by atoms with van der Waals surface area (Å²) in [7, 11) is 2.76. The molecule has 100 heavy (non-hydrogen) atoms. The fourth-order valence-corrected chi connectivity index (χ4v) is 9.93. The lowest BCUT2D eigenvalue weighted by Crippen LogP contribution is -2.40. The van der Waals surface area contributed by atoms with Crippen molar-refractivity contribution < 1.29 is 86.6 Å². The van der Waals surface area contributed by atoms with E-state index in [-0.39, 0.29) is 115 Å². The normalized spacial score (nSPS) is 14.6. The number of carbonyl (C=O) groups excluding carboxylic acids is 8. The zero-order chi connectivity index (χ0) is 72.8. The van der Waals surface area contributed by atoms with E-state index >= 15 is 0 Å². The van der Waals surface area contributed by atoms with Gasteiger partial charge in [0.25, 0.3) is 23.6 Å². The lowest BCUT2D eigenvalue weighted by molar-refractivity contribution is -0.169. The molecule has 2 saturated carbocycles. The summed E-state index contributed by atoms with van der Waals surface area (Å²) in [5.74, 6) is -8.03. The predicted molar refractivity (Wildman–Crippen MR) is 365 cm³/mol. The van der Waals surface area contributed by atoms with Gasteiger partial charge in [0.1, 0.15) is 40.6 Å². The van der Waals surface area contributed by atoms with Crippen LogP contribution in [-0.4, -0.2) is 137 Å². The van der Waals surface area contributed by atoms with Crippen molar-refractivity contribution in [3.8, 4) is 33.8 Å². The summed E-state index contributed by atoms with van der Waals surface area (Å²) in [5, 5.41) is 53.5. The standard InChI is InChI=1S/C71H75N11O18/c1-10-39-28-51(62(83)77-45-19-15-41(16-20-45)61(74)82-71(94)100-37(7)98-69(92)57(72)34(2)3)49(30-55(39)95-8)47-24-26-54(80-58(47)66(87)88)65(86)76-33-44-27-42(44)13-14-43-29-52(50(31-56(43)96-9)48-23-25-53(79-59(48)67(89)90)64(85)75-32-38-11-12-38)63(84)78-46-21-17-40(18-22-46)60(73)81-70(93)99-36(6)97-68(91)35(4)5/h10,13-26,28-31,34-38,42,44,57H,1,11-12,27,32-33,72H2,2-9H3,(H,75,85)(H,76,86)(H,77,83)(H,78,84)(H,87,88)(H,89,90)(H2,73,81,93)(H2,74,82,94)/b14-13+/t36?,37?,42?,44?,57-/m0/s1. The maximum absolute atomic E-state index is 14.5. The number of hydrogen-bond acceptors (Lipinski definition) is 21. The SMILES string of the molecule is C=Cc1cc(C(=O)Nc2ccc(C(=N)NC(=O)OC(C)OC(=O)[C@@H](N)C(C)C)cc2)c(-c2ccc(C(=O)NCC3CC3/C=C/c3cc(C(=O)Nc4ccc(C(=N)NC(=O)OC(C)OC(=O)C(C)C)cc4)c(-c4ccc(C(=O)NCC5CC5)nc4C(=O)O)cc3OC)nc2C(=O)O)cc1OC. The van der Waals surface area contributed by atoms with Gasteiger partial charge >= 0.3 is 36.1 Å². The highest BCUT2D eigenvalue weighted by Crippen LogP contribution is 2.42. The van der Waals surface area contributed by atoms with Gasteiger partial charge in [-0.25, -0.2) is 29.1 Å². The van der Waals surface area contributed by atoms with Crippen LogP contribution in [0.25, 0.3) is 34.4 Å². The maximum Gasteiger partial charge on any atom is 0.415 e. The molecule has 0 saturated heterocycles. The smallest absolute Gasteiger partial charge is 0.415 e. The number of aromatic nitrogens is 2.